The fraction of sp³-hybridized carbons (Fsp3) is 0.421. The summed E-state index contributed by atoms with van der Waals surface area (Å²) in [6.07, 6.45) is 0.989. The molecule has 3 rings (SSSR count). The molecule has 0 spiro atoms. The van der Waals surface area contributed by atoms with Crippen molar-refractivity contribution in [1.82, 2.24) is 14.7 Å². The molecule has 0 bridgehead atoms. The normalized spacial score (nSPS) is 16.6. The van der Waals surface area contributed by atoms with Gasteiger partial charge >= 0.3 is 0 Å². The topological polar surface area (TPSA) is 75.4 Å². The molecule has 1 atom stereocenters. The Bertz CT molecular complexity index is 780. The van der Waals surface area contributed by atoms with Crippen molar-refractivity contribution in [3.05, 3.63) is 64.1 Å². The second-order valence-corrected chi connectivity index (χ2v) is 6.36. The van der Waals surface area contributed by atoms with Crippen molar-refractivity contribution in [2.24, 2.45) is 5.92 Å². The zero-order valence-electron chi connectivity index (χ0n) is 14.3. The minimum absolute atomic E-state index is 0.143. The molecule has 1 N–H and O–H groups in total. The van der Waals surface area contributed by atoms with E-state index in [-0.39, 0.29) is 17.4 Å². The van der Waals surface area contributed by atoms with E-state index in [2.05, 4.69) is 5.10 Å². The Hall–Kier alpha value is -2.47. The lowest BCUT2D eigenvalue weighted by molar-refractivity contribution is 0.0457. The molecule has 1 aromatic carbocycles. The molecule has 1 amide bonds. The van der Waals surface area contributed by atoms with Crippen molar-refractivity contribution in [3.8, 4) is 0 Å². The number of amides is 1. The van der Waals surface area contributed by atoms with Crippen LogP contribution in [0.25, 0.3) is 0 Å². The van der Waals surface area contributed by atoms with Gasteiger partial charge < -0.3 is 10.0 Å². The van der Waals surface area contributed by atoms with Crippen LogP contribution in [0, 0.1) is 5.92 Å². The summed E-state index contributed by atoms with van der Waals surface area (Å²) in [6, 6.07) is 12.5. The van der Waals surface area contributed by atoms with E-state index < -0.39 is 6.10 Å². The Morgan fingerprint density at radius 1 is 1.20 bits per heavy atom. The van der Waals surface area contributed by atoms with E-state index in [1.165, 1.54) is 16.8 Å². The highest BCUT2D eigenvalue weighted by Gasteiger charge is 2.29. The highest BCUT2D eigenvalue weighted by Crippen LogP contribution is 2.30. The molecule has 1 fully saturated rings. The number of aliphatic hydroxyl groups excluding tert-OH is 1. The first-order chi connectivity index (χ1) is 12.1. The number of aliphatic hydroxyl groups is 1. The second kappa shape index (κ2) is 7.61. The number of carbonyl (C=O) groups excluding carboxylic acids is 1. The first kappa shape index (κ1) is 17.4. The van der Waals surface area contributed by atoms with Gasteiger partial charge in [0.2, 0.25) is 0 Å². The number of carbonyl (C=O) groups is 1. The number of aryl methyl sites for hydroxylation is 1. The number of hydrogen-bond acceptors (Lipinski definition) is 4. The minimum Gasteiger partial charge on any atom is -0.388 e. The lowest BCUT2D eigenvalue weighted by atomic mass is 9.87. The van der Waals surface area contributed by atoms with Gasteiger partial charge in [-0.1, -0.05) is 30.3 Å². The summed E-state index contributed by atoms with van der Waals surface area (Å²) in [7, 11) is 0. The third-order valence-corrected chi connectivity index (χ3v) is 4.80. The predicted octanol–water partition coefficient (Wildman–Crippen LogP) is 1.85. The molecular formula is C19H23N3O3. The minimum atomic E-state index is -0.501. The lowest BCUT2D eigenvalue weighted by Crippen LogP contribution is -2.40. The lowest BCUT2D eigenvalue weighted by Gasteiger charge is -2.34. The van der Waals surface area contributed by atoms with Gasteiger partial charge in [-0.3, -0.25) is 9.59 Å². The van der Waals surface area contributed by atoms with Crippen molar-refractivity contribution in [2.45, 2.75) is 32.4 Å². The molecule has 132 valence electrons. The molecular weight excluding hydrogens is 318 g/mol. The third kappa shape index (κ3) is 3.79. The van der Waals surface area contributed by atoms with E-state index in [1.54, 1.807) is 4.90 Å². The van der Waals surface area contributed by atoms with E-state index >= 15 is 0 Å². The summed E-state index contributed by atoms with van der Waals surface area (Å²) in [4.78, 5) is 26.0. The van der Waals surface area contributed by atoms with E-state index in [0.29, 0.717) is 25.3 Å². The van der Waals surface area contributed by atoms with Crippen LogP contribution in [0.15, 0.2) is 47.3 Å². The average Bonchev–Trinajstić information content (AvgIpc) is 2.68. The number of nitrogens with zero attached hydrogens (tertiary/aromatic N) is 3. The Labute approximate surface area is 146 Å². The summed E-state index contributed by atoms with van der Waals surface area (Å²) in [5.74, 6) is -0.0149. The maximum absolute atomic E-state index is 12.6. The monoisotopic (exact) mass is 341 g/mol. The van der Waals surface area contributed by atoms with Crippen molar-refractivity contribution in [1.29, 1.82) is 0 Å². The molecule has 6 nitrogen and oxygen atoms in total. The van der Waals surface area contributed by atoms with E-state index in [1.807, 2.05) is 37.3 Å². The Kier molecular flexibility index (Phi) is 5.28. The van der Waals surface area contributed by atoms with Crippen LogP contribution in [-0.4, -0.2) is 38.8 Å². The number of likely N-dealkylation sites (tertiary alicyclic amines) is 1. The largest absolute Gasteiger partial charge is 0.388 e. The Balaban J connectivity index is 1.64. The molecule has 1 aliphatic rings. The number of piperidine rings is 1. The zero-order valence-corrected chi connectivity index (χ0v) is 14.3. The molecule has 1 aromatic heterocycles. The summed E-state index contributed by atoms with van der Waals surface area (Å²) < 4.78 is 1.29. The predicted molar refractivity (Wildman–Crippen MR) is 94.2 cm³/mol. The molecule has 1 aliphatic heterocycles. The van der Waals surface area contributed by atoms with Crippen LogP contribution < -0.4 is 5.56 Å². The maximum atomic E-state index is 12.6. The second-order valence-electron chi connectivity index (χ2n) is 6.36. The van der Waals surface area contributed by atoms with Gasteiger partial charge in [-0.2, -0.15) is 5.10 Å². The van der Waals surface area contributed by atoms with Crippen LogP contribution in [0.5, 0.6) is 0 Å². The van der Waals surface area contributed by atoms with Crippen LogP contribution in [0.4, 0.5) is 0 Å². The van der Waals surface area contributed by atoms with Crippen LogP contribution in [0.1, 0.15) is 41.9 Å². The van der Waals surface area contributed by atoms with Gasteiger partial charge in [0.1, 0.15) is 5.69 Å². The maximum Gasteiger partial charge on any atom is 0.274 e. The molecule has 0 saturated carbocycles. The van der Waals surface area contributed by atoms with Gasteiger partial charge in [0.05, 0.1) is 6.10 Å². The number of benzene rings is 1. The summed E-state index contributed by atoms with van der Waals surface area (Å²) in [6.45, 7) is 3.42. The first-order valence-corrected chi connectivity index (χ1v) is 8.70. The smallest absolute Gasteiger partial charge is 0.274 e. The van der Waals surface area contributed by atoms with Crippen LogP contribution in [0.2, 0.25) is 0 Å². The molecule has 6 heteroatoms. The van der Waals surface area contributed by atoms with Gasteiger partial charge in [-0.15, -0.1) is 0 Å². The van der Waals surface area contributed by atoms with E-state index in [9.17, 15) is 14.7 Å². The van der Waals surface area contributed by atoms with Gasteiger partial charge in [0.25, 0.3) is 11.5 Å². The number of hydrogen-bond donors (Lipinski definition) is 1. The molecule has 1 saturated heterocycles. The molecule has 0 radical (unpaired) electrons. The number of rotatable bonds is 4. The highest BCUT2D eigenvalue weighted by molar-refractivity contribution is 5.92. The standard InChI is InChI=1S/C19H23N3O3/c1-2-22-17(23)9-8-16(20-22)19(25)21-12-10-15(11-13-21)18(24)14-6-4-3-5-7-14/h3-9,15,18,24H,2,10-13H2,1H3. The fourth-order valence-electron chi connectivity index (χ4n) is 3.29. The Morgan fingerprint density at radius 3 is 2.52 bits per heavy atom. The van der Waals surface area contributed by atoms with E-state index in [0.717, 1.165) is 18.4 Å². The zero-order chi connectivity index (χ0) is 17.8. The summed E-state index contributed by atoms with van der Waals surface area (Å²) >= 11 is 0. The first-order valence-electron chi connectivity index (χ1n) is 8.70. The van der Waals surface area contributed by atoms with Crippen molar-refractivity contribution < 1.29 is 9.90 Å². The van der Waals surface area contributed by atoms with Gasteiger partial charge in [-0.05, 0) is 37.3 Å². The van der Waals surface area contributed by atoms with Crippen LogP contribution in [-0.2, 0) is 6.54 Å². The summed E-state index contributed by atoms with van der Waals surface area (Å²) in [5, 5.41) is 14.7. The highest BCUT2D eigenvalue weighted by atomic mass is 16.3. The van der Waals surface area contributed by atoms with Crippen molar-refractivity contribution in [2.75, 3.05) is 13.1 Å². The van der Waals surface area contributed by atoms with E-state index in [4.69, 9.17) is 0 Å². The molecule has 2 heterocycles. The molecule has 0 aliphatic carbocycles. The SMILES string of the molecule is CCn1nc(C(=O)N2CCC(C(O)c3ccccc3)CC2)ccc1=O. The third-order valence-electron chi connectivity index (χ3n) is 4.80. The van der Waals surface area contributed by atoms with Crippen LogP contribution >= 0.6 is 0 Å². The molecule has 1 unspecified atom stereocenters. The quantitative estimate of drug-likeness (QED) is 0.921. The van der Waals surface area contributed by atoms with Gasteiger partial charge in [-0.25, -0.2) is 4.68 Å². The Morgan fingerprint density at radius 2 is 1.88 bits per heavy atom. The molecule has 2 aromatic rings. The van der Waals surface area contributed by atoms with Crippen molar-refractivity contribution >= 4 is 5.91 Å². The van der Waals surface area contributed by atoms with Gasteiger partial charge in [0, 0.05) is 25.7 Å². The average molecular weight is 341 g/mol. The van der Waals surface area contributed by atoms with Crippen LogP contribution in [0.3, 0.4) is 0 Å². The summed E-state index contributed by atoms with van der Waals surface area (Å²) in [5.41, 5.74) is 1.01. The number of aromatic nitrogens is 2. The van der Waals surface area contributed by atoms with Gasteiger partial charge in [0.15, 0.2) is 0 Å². The van der Waals surface area contributed by atoms with Crippen molar-refractivity contribution in [3.63, 3.8) is 0 Å². The fourth-order valence-corrected chi connectivity index (χ4v) is 3.29. The molecule has 25 heavy (non-hydrogen) atoms.